The van der Waals surface area contributed by atoms with Crippen LogP contribution in [0.15, 0.2) is 27.4 Å². The number of nitrogens with zero attached hydrogens (tertiary/aromatic N) is 2. The van der Waals surface area contributed by atoms with Crippen LogP contribution in [0.2, 0.25) is 5.02 Å². The SMILES string of the molecule is COc1ncc(Cl)c(C)c1Br.COc1nccc(C)c1Br. The second kappa shape index (κ2) is 8.56. The molecule has 0 unspecified atom stereocenters. The highest BCUT2D eigenvalue weighted by molar-refractivity contribution is 9.11. The van der Waals surface area contributed by atoms with E-state index < -0.39 is 0 Å². The van der Waals surface area contributed by atoms with Gasteiger partial charge in [0.2, 0.25) is 11.8 Å². The molecule has 0 atom stereocenters. The lowest BCUT2D eigenvalue weighted by atomic mass is 10.3. The molecule has 0 spiro atoms. The first-order valence-electron chi connectivity index (χ1n) is 5.92. The molecule has 0 saturated carbocycles. The number of rotatable bonds is 2. The van der Waals surface area contributed by atoms with Crippen LogP contribution < -0.4 is 9.47 Å². The van der Waals surface area contributed by atoms with Crippen molar-refractivity contribution in [2.45, 2.75) is 13.8 Å². The van der Waals surface area contributed by atoms with E-state index in [2.05, 4.69) is 41.8 Å². The second-order valence-electron chi connectivity index (χ2n) is 4.01. The molecule has 0 aliphatic carbocycles. The first-order chi connectivity index (χ1) is 9.92. The van der Waals surface area contributed by atoms with Crippen molar-refractivity contribution in [3.8, 4) is 11.8 Å². The number of pyridine rings is 2. The van der Waals surface area contributed by atoms with Gasteiger partial charge < -0.3 is 9.47 Å². The maximum atomic E-state index is 5.79. The standard InChI is InChI=1S/C7H7BrClNO.C7H8BrNO/c1-4-5(9)3-10-7(11-2)6(4)8;1-5-3-4-9-7(10-2)6(5)8/h3H,1-2H3;3-4H,1-2H3. The van der Waals surface area contributed by atoms with Crippen LogP contribution in [-0.2, 0) is 0 Å². The lowest BCUT2D eigenvalue weighted by molar-refractivity contribution is 0.394. The lowest BCUT2D eigenvalue weighted by Gasteiger charge is -2.04. The summed E-state index contributed by atoms with van der Waals surface area (Å²) in [5, 5.41) is 0.637. The van der Waals surface area contributed by atoms with Gasteiger partial charge in [-0.3, -0.25) is 0 Å². The van der Waals surface area contributed by atoms with E-state index in [1.807, 2.05) is 19.9 Å². The second-order valence-corrected chi connectivity index (χ2v) is 6.00. The van der Waals surface area contributed by atoms with Gasteiger partial charge in [-0.25, -0.2) is 9.97 Å². The fraction of sp³-hybridized carbons (Fsp3) is 0.286. The predicted octanol–water partition coefficient (Wildman–Crippen LogP) is 4.98. The van der Waals surface area contributed by atoms with Crippen LogP contribution in [-0.4, -0.2) is 24.2 Å². The summed E-state index contributed by atoms with van der Waals surface area (Å²) in [4.78, 5) is 7.94. The molecule has 0 radical (unpaired) electrons. The predicted molar refractivity (Wildman–Crippen MR) is 91.5 cm³/mol. The molecule has 0 aliphatic heterocycles. The first-order valence-corrected chi connectivity index (χ1v) is 7.88. The Bertz CT molecular complexity index is 624. The van der Waals surface area contributed by atoms with Gasteiger partial charge in [-0.15, -0.1) is 0 Å². The Morgan fingerprint density at radius 3 is 2.10 bits per heavy atom. The van der Waals surface area contributed by atoms with Gasteiger partial charge in [0.1, 0.15) is 0 Å². The summed E-state index contributed by atoms with van der Waals surface area (Å²) < 4.78 is 11.7. The third-order valence-corrected chi connectivity index (χ3v) is 4.89. The smallest absolute Gasteiger partial charge is 0.228 e. The molecule has 0 aliphatic rings. The molecule has 0 bridgehead atoms. The van der Waals surface area contributed by atoms with Crippen LogP contribution >= 0.6 is 43.5 Å². The molecule has 114 valence electrons. The van der Waals surface area contributed by atoms with Crippen LogP contribution in [0.25, 0.3) is 0 Å². The van der Waals surface area contributed by atoms with Crippen molar-refractivity contribution in [2.24, 2.45) is 0 Å². The minimum Gasteiger partial charge on any atom is -0.480 e. The van der Waals surface area contributed by atoms with Crippen LogP contribution in [0.1, 0.15) is 11.1 Å². The molecule has 0 fully saturated rings. The van der Waals surface area contributed by atoms with Gasteiger partial charge >= 0.3 is 0 Å². The Labute approximate surface area is 146 Å². The Morgan fingerprint density at radius 1 is 1.00 bits per heavy atom. The fourth-order valence-electron chi connectivity index (χ4n) is 1.33. The third kappa shape index (κ3) is 4.83. The molecular weight excluding hydrogens is 423 g/mol. The molecule has 0 saturated heterocycles. The van der Waals surface area contributed by atoms with Crippen LogP contribution in [0.5, 0.6) is 11.8 Å². The van der Waals surface area contributed by atoms with Crippen molar-refractivity contribution in [1.29, 1.82) is 0 Å². The Balaban J connectivity index is 0.000000211. The Morgan fingerprint density at radius 2 is 1.57 bits per heavy atom. The summed E-state index contributed by atoms with van der Waals surface area (Å²) in [6.45, 7) is 3.89. The molecule has 4 nitrogen and oxygen atoms in total. The highest BCUT2D eigenvalue weighted by Gasteiger charge is 2.06. The lowest BCUT2D eigenvalue weighted by Crippen LogP contribution is -1.90. The maximum absolute atomic E-state index is 5.79. The minimum atomic E-state index is 0.562. The molecule has 0 aromatic carbocycles. The average molecular weight is 439 g/mol. The first kappa shape index (κ1) is 18.2. The summed E-state index contributed by atoms with van der Waals surface area (Å²) in [5.41, 5.74) is 2.07. The van der Waals surface area contributed by atoms with Crippen molar-refractivity contribution < 1.29 is 9.47 Å². The number of aromatic nitrogens is 2. The molecule has 2 rings (SSSR count). The minimum absolute atomic E-state index is 0.562. The van der Waals surface area contributed by atoms with Gasteiger partial charge in [0.15, 0.2) is 0 Å². The molecule has 0 N–H and O–H groups in total. The van der Waals surface area contributed by atoms with Gasteiger partial charge in [-0.2, -0.15) is 0 Å². The van der Waals surface area contributed by atoms with Gasteiger partial charge in [-0.1, -0.05) is 11.6 Å². The van der Waals surface area contributed by atoms with Crippen molar-refractivity contribution in [2.75, 3.05) is 14.2 Å². The molecule has 2 heterocycles. The molecule has 2 aromatic rings. The van der Waals surface area contributed by atoms with Gasteiger partial charge in [0, 0.05) is 12.4 Å². The summed E-state index contributed by atoms with van der Waals surface area (Å²) in [5.74, 6) is 1.20. The summed E-state index contributed by atoms with van der Waals surface area (Å²) in [6, 6.07) is 1.92. The third-order valence-electron chi connectivity index (χ3n) is 2.61. The summed E-state index contributed by atoms with van der Waals surface area (Å²) >= 11 is 12.5. The fourth-order valence-corrected chi connectivity index (χ4v) is 2.47. The quantitative estimate of drug-likeness (QED) is 0.664. The zero-order valence-electron chi connectivity index (χ0n) is 12.1. The molecular formula is C14H15Br2ClN2O2. The van der Waals surface area contributed by atoms with Gasteiger partial charge in [0.05, 0.1) is 28.2 Å². The largest absolute Gasteiger partial charge is 0.480 e. The summed E-state index contributed by atoms with van der Waals surface area (Å²) in [7, 11) is 3.17. The normalized spacial score (nSPS) is 9.67. The van der Waals surface area contributed by atoms with Crippen molar-refractivity contribution in [3.63, 3.8) is 0 Å². The van der Waals surface area contributed by atoms with Crippen molar-refractivity contribution >= 4 is 43.5 Å². The van der Waals surface area contributed by atoms with Crippen molar-refractivity contribution in [1.82, 2.24) is 9.97 Å². The van der Waals surface area contributed by atoms with Gasteiger partial charge in [-0.05, 0) is 62.9 Å². The molecule has 2 aromatic heterocycles. The maximum Gasteiger partial charge on any atom is 0.228 e. The van der Waals surface area contributed by atoms with E-state index >= 15 is 0 Å². The number of hydrogen-bond donors (Lipinski definition) is 0. The van der Waals surface area contributed by atoms with E-state index in [9.17, 15) is 0 Å². The van der Waals surface area contributed by atoms with E-state index in [1.54, 1.807) is 26.6 Å². The van der Waals surface area contributed by atoms with Gasteiger partial charge in [0.25, 0.3) is 0 Å². The van der Waals surface area contributed by atoms with E-state index in [4.69, 9.17) is 21.1 Å². The average Bonchev–Trinajstić information content (AvgIpc) is 2.49. The summed E-state index contributed by atoms with van der Waals surface area (Å²) in [6.07, 6.45) is 3.29. The molecule has 21 heavy (non-hydrogen) atoms. The Hall–Kier alpha value is -0.850. The number of halogens is 3. The number of ether oxygens (including phenoxy) is 2. The van der Waals surface area contributed by atoms with E-state index in [0.29, 0.717) is 16.8 Å². The molecule has 7 heteroatoms. The highest BCUT2D eigenvalue weighted by atomic mass is 79.9. The topological polar surface area (TPSA) is 44.2 Å². The van der Waals surface area contributed by atoms with E-state index in [-0.39, 0.29) is 0 Å². The number of methoxy groups -OCH3 is 2. The Kier molecular flexibility index (Phi) is 7.42. The van der Waals surface area contributed by atoms with Crippen LogP contribution in [0, 0.1) is 13.8 Å². The van der Waals surface area contributed by atoms with Crippen LogP contribution in [0.3, 0.4) is 0 Å². The van der Waals surface area contributed by atoms with Crippen molar-refractivity contribution in [3.05, 3.63) is 43.6 Å². The van der Waals surface area contributed by atoms with E-state index in [0.717, 1.165) is 20.1 Å². The zero-order valence-corrected chi connectivity index (χ0v) is 16.0. The monoisotopic (exact) mass is 436 g/mol. The van der Waals surface area contributed by atoms with E-state index in [1.165, 1.54) is 0 Å². The number of hydrogen-bond acceptors (Lipinski definition) is 4. The van der Waals surface area contributed by atoms with Crippen LogP contribution in [0.4, 0.5) is 0 Å². The molecule has 0 amide bonds. The zero-order chi connectivity index (χ0) is 16.0. The highest BCUT2D eigenvalue weighted by Crippen LogP contribution is 2.30. The number of aryl methyl sites for hydroxylation is 1.